The van der Waals surface area contributed by atoms with Gasteiger partial charge in [-0.05, 0) is 17.2 Å². The molecule has 0 amide bonds. The number of benzene rings is 1. The van der Waals surface area contributed by atoms with Crippen LogP contribution in [0.25, 0.3) is 11.2 Å². The van der Waals surface area contributed by atoms with E-state index in [9.17, 15) is 4.79 Å². The second-order valence-electron chi connectivity index (χ2n) is 4.21. The minimum Gasteiger partial charge on any atom is -0.356 e. The lowest BCUT2D eigenvalue weighted by molar-refractivity contribution is 0.0661. The van der Waals surface area contributed by atoms with Crippen LogP contribution in [0.2, 0.25) is 5.28 Å². The minimum atomic E-state index is -0.359. The maximum absolute atomic E-state index is 11.6. The Hall–Kier alpha value is -2.18. The first-order chi connectivity index (χ1) is 9.74. The van der Waals surface area contributed by atoms with Gasteiger partial charge in [-0.25, -0.2) is 4.98 Å². The lowest BCUT2D eigenvalue weighted by Crippen LogP contribution is -2.09. The van der Waals surface area contributed by atoms with E-state index in [1.165, 1.54) is 6.33 Å². The van der Waals surface area contributed by atoms with Crippen LogP contribution in [0.3, 0.4) is 0 Å². The zero-order chi connectivity index (χ0) is 13.9. The Kier molecular flexibility index (Phi) is 3.49. The van der Waals surface area contributed by atoms with Crippen LogP contribution in [0.4, 0.5) is 0 Å². The molecule has 1 aromatic carbocycles. The smallest absolute Gasteiger partial charge is 0.280 e. The third-order valence-corrected chi connectivity index (χ3v) is 2.97. The molecule has 0 aliphatic rings. The molecule has 0 atom stereocenters. The predicted octanol–water partition coefficient (Wildman–Crippen LogP) is 1.95. The van der Waals surface area contributed by atoms with Gasteiger partial charge in [0.05, 0.1) is 12.9 Å². The van der Waals surface area contributed by atoms with Crippen LogP contribution in [0.1, 0.15) is 5.56 Å². The average molecular weight is 291 g/mol. The van der Waals surface area contributed by atoms with Crippen molar-refractivity contribution in [2.75, 3.05) is 0 Å². The number of nitrogens with one attached hydrogen (secondary N) is 1. The molecule has 0 fully saturated rings. The second-order valence-corrected chi connectivity index (χ2v) is 4.56. The van der Waals surface area contributed by atoms with Crippen LogP contribution in [0, 0.1) is 0 Å². The van der Waals surface area contributed by atoms with Gasteiger partial charge in [-0.2, -0.15) is 4.98 Å². The molecule has 3 rings (SSSR count). The molecule has 102 valence electrons. The van der Waals surface area contributed by atoms with Crippen molar-refractivity contribution in [3.63, 3.8) is 0 Å². The van der Waals surface area contributed by atoms with Gasteiger partial charge in [0.25, 0.3) is 5.56 Å². The highest BCUT2D eigenvalue weighted by molar-refractivity contribution is 6.28. The topological polar surface area (TPSA) is 72.8 Å². The lowest BCUT2D eigenvalue weighted by atomic mass is 10.2. The molecule has 0 saturated heterocycles. The van der Waals surface area contributed by atoms with Crippen molar-refractivity contribution in [3.8, 4) is 0 Å². The van der Waals surface area contributed by atoms with E-state index in [0.29, 0.717) is 12.3 Å². The van der Waals surface area contributed by atoms with Gasteiger partial charge in [0, 0.05) is 0 Å². The number of hydrogen-bond acceptors (Lipinski definition) is 4. The van der Waals surface area contributed by atoms with Gasteiger partial charge in [-0.15, -0.1) is 0 Å². The van der Waals surface area contributed by atoms with Crippen molar-refractivity contribution >= 4 is 22.8 Å². The van der Waals surface area contributed by atoms with Crippen molar-refractivity contribution in [1.82, 2.24) is 19.5 Å². The van der Waals surface area contributed by atoms with Gasteiger partial charge in [0.15, 0.2) is 11.2 Å². The van der Waals surface area contributed by atoms with Gasteiger partial charge in [0.1, 0.15) is 6.73 Å². The van der Waals surface area contributed by atoms with Crippen LogP contribution in [-0.4, -0.2) is 19.5 Å². The summed E-state index contributed by atoms with van der Waals surface area (Å²) in [4.78, 5) is 22.1. The summed E-state index contributed by atoms with van der Waals surface area (Å²) in [5.74, 6) is 0. The first-order valence-corrected chi connectivity index (χ1v) is 6.34. The number of fused-ring (bicyclic) bond motifs is 1. The Morgan fingerprint density at radius 1 is 1.30 bits per heavy atom. The fraction of sp³-hybridized carbons (Fsp3) is 0.154. The molecule has 20 heavy (non-hydrogen) atoms. The maximum Gasteiger partial charge on any atom is 0.280 e. The molecule has 0 spiro atoms. The molecule has 0 saturated carbocycles. The molecule has 1 N–H and O–H groups in total. The molecule has 6 nitrogen and oxygen atoms in total. The monoisotopic (exact) mass is 290 g/mol. The van der Waals surface area contributed by atoms with Crippen molar-refractivity contribution < 1.29 is 4.74 Å². The molecule has 7 heteroatoms. The number of halogens is 1. The van der Waals surface area contributed by atoms with E-state index in [2.05, 4.69) is 15.0 Å². The van der Waals surface area contributed by atoms with Crippen LogP contribution in [-0.2, 0) is 18.1 Å². The predicted molar refractivity (Wildman–Crippen MR) is 74.4 cm³/mol. The van der Waals surface area contributed by atoms with E-state index in [4.69, 9.17) is 16.3 Å². The molecular weight excluding hydrogens is 280 g/mol. The first-order valence-electron chi connectivity index (χ1n) is 5.96. The van der Waals surface area contributed by atoms with E-state index in [1.807, 2.05) is 30.3 Å². The second kappa shape index (κ2) is 5.44. The third kappa shape index (κ3) is 2.56. The summed E-state index contributed by atoms with van der Waals surface area (Å²) in [7, 11) is 0. The summed E-state index contributed by atoms with van der Waals surface area (Å²) >= 11 is 5.73. The third-order valence-electron chi connectivity index (χ3n) is 2.79. The van der Waals surface area contributed by atoms with Crippen LogP contribution in [0.15, 0.2) is 41.5 Å². The number of aromatic nitrogens is 4. The fourth-order valence-corrected chi connectivity index (χ4v) is 2.02. The fourth-order valence-electron chi connectivity index (χ4n) is 1.86. The molecule has 0 aliphatic carbocycles. The Labute approximate surface area is 119 Å². The molecule has 2 heterocycles. The summed E-state index contributed by atoms with van der Waals surface area (Å²) in [6.07, 6.45) is 1.51. The number of nitrogens with zero attached hydrogens (tertiary/aromatic N) is 3. The number of H-pyrrole nitrogens is 1. The van der Waals surface area contributed by atoms with E-state index < -0.39 is 0 Å². The van der Waals surface area contributed by atoms with Gasteiger partial charge < -0.3 is 4.74 Å². The zero-order valence-electron chi connectivity index (χ0n) is 10.4. The summed E-state index contributed by atoms with van der Waals surface area (Å²) < 4.78 is 7.22. The lowest BCUT2D eigenvalue weighted by Gasteiger charge is -2.05. The van der Waals surface area contributed by atoms with Crippen LogP contribution < -0.4 is 5.56 Å². The molecule has 3 aromatic rings. The first kappa shape index (κ1) is 12.8. The summed E-state index contributed by atoms with van der Waals surface area (Å²) in [5.41, 5.74) is 1.37. The summed E-state index contributed by atoms with van der Waals surface area (Å²) in [6.45, 7) is 0.718. The van der Waals surface area contributed by atoms with Crippen molar-refractivity contribution in [3.05, 3.63) is 57.9 Å². The largest absolute Gasteiger partial charge is 0.356 e. The minimum absolute atomic E-state index is 0.0345. The van der Waals surface area contributed by atoms with Crippen molar-refractivity contribution in [2.24, 2.45) is 0 Å². The van der Waals surface area contributed by atoms with E-state index >= 15 is 0 Å². The molecular formula is C13H11ClN4O2. The summed E-state index contributed by atoms with van der Waals surface area (Å²) in [6, 6.07) is 9.81. The molecule has 0 aliphatic heterocycles. The van der Waals surface area contributed by atoms with Crippen LogP contribution >= 0.6 is 11.6 Å². The van der Waals surface area contributed by atoms with E-state index in [0.717, 1.165) is 5.56 Å². The molecule has 2 aromatic heterocycles. The van der Waals surface area contributed by atoms with Gasteiger partial charge in [-0.1, -0.05) is 30.3 Å². The van der Waals surface area contributed by atoms with E-state index in [1.54, 1.807) is 4.57 Å². The number of ether oxygens (including phenoxy) is 1. The quantitative estimate of drug-likeness (QED) is 0.745. The Morgan fingerprint density at radius 2 is 2.10 bits per heavy atom. The van der Waals surface area contributed by atoms with Gasteiger partial charge >= 0.3 is 0 Å². The molecule has 0 radical (unpaired) electrons. The highest BCUT2D eigenvalue weighted by Gasteiger charge is 2.09. The number of rotatable bonds is 4. The highest BCUT2D eigenvalue weighted by Crippen LogP contribution is 2.09. The van der Waals surface area contributed by atoms with Crippen molar-refractivity contribution in [1.29, 1.82) is 0 Å². The van der Waals surface area contributed by atoms with Crippen molar-refractivity contribution in [2.45, 2.75) is 13.3 Å². The normalized spacial score (nSPS) is 11.1. The molecule has 0 bridgehead atoms. The molecule has 0 unspecified atom stereocenters. The van der Waals surface area contributed by atoms with Gasteiger partial charge in [-0.3, -0.25) is 14.3 Å². The summed E-state index contributed by atoms with van der Waals surface area (Å²) in [5, 5.41) is 0.0345. The van der Waals surface area contributed by atoms with E-state index in [-0.39, 0.29) is 23.1 Å². The number of imidazole rings is 1. The number of aromatic amines is 1. The average Bonchev–Trinajstić information content (AvgIpc) is 2.83. The Balaban J connectivity index is 1.77. The standard InChI is InChI=1S/C13H11ClN4O2/c14-13-16-11-10(12(19)17-13)15-7-18(11)8-20-6-9-4-2-1-3-5-9/h1-5,7H,6,8H2,(H,16,17,19). The van der Waals surface area contributed by atoms with Crippen LogP contribution in [0.5, 0.6) is 0 Å². The highest BCUT2D eigenvalue weighted by atomic mass is 35.5. The SMILES string of the molecule is O=c1[nH]c(Cl)nc2c1ncn2COCc1ccccc1. The number of hydrogen-bond donors (Lipinski definition) is 1. The maximum atomic E-state index is 11.6. The Morgan fingerprint density at radius 3 is 2.90 bits per heavy atom. The zero-order valence-corrected chi connectivity index (χ0v) is 11.2. The van der Waals surface area contributed by atoms with Gasteiger partial charge in [0.2, 0.25) is 5.28 Å². The Bertz CT molecular complexity index is 782.